The van der Waals surface area contributed by atoms with Gasteiger partial charge in [-0.2, -0.15) is 0 Å². The third-order valence-electron chi connectivity index (χ3n) is 3.47. The Bertz CT molecular complexity index is 439. The smallest absolute Gasteiger partial charge is 0.411 e. The minimum atomic E-state index is -0.437. The highest BCUT2D eigenvalue weighted by atomic mass is 35.5. The second-order valence-electron chi connectivity index (χ2n) is 4.86. The van der Waals surface area contributed by atoms with Gasteiger partial charge in [-0.05, 0) is 44.0 Å². The molecule has 0 saturated heterocycles. The van der Waals surface area contributed by atoms with E-state index in [4.69, 9.17) is 22.1 Å². The van der Waals surface area contributed by atoms with Crippen LogP contribution in [-0.4, -0.2) is 18.7 Å². The van der Waals surface area contributed by atoms with Gasteiger partial charge >= 0.3 is 6.09 Å². The van der Waals surface area contributed by atoms with Gasteiger partial charge < -0.3 is 10.5 Å². The molecule has 0 bridgehead atoms. The highest BCUT2D eigenvalue weighted by Crippen LogP contribution is 2.26. The molecule has 1 aliphatic rings. The lowest BCUT2D eigenvalue weighted by Crippen LogP contribution is -2.35. The maximum absolute atomic E-state index is 11.8. The van der Waals surface area contributed by atoms with Crippen LogP contribution >= 0.6 is 11.6 Å². The van der Waals surface area contributed by atoms with Crippen LogP contribution in [0.3, 0.4) is 0 Å². The van der Waals surface area contributed by atoms with Gasteiger partial charge in [-0.1, -0.05) is 24.1 Å². The second kappa shape index (κ2) is 6.78. The number of halogens is 1. The average Bonchev–Trinajstić information content (AvgIpc) is 2.39. The van der Waals surface area contributed by atoms with Gasteiger partial charge in [0, 0.05) is 16.6 Å². The zero-order valence-electron chi connectivity index (χ0n) is 10.8. The van der Waals surface area contributed by atoms with E-state index in [1.165, 1.54) is 0 Å². The Hall–Kier alpha value is -1.26. The summed E-state index contributed by atoms with van der Waals surface area (Å²) in [7, 11) is 0. The summed E-state index contributed by atoms with van der Waals surface area (Å²) in [5.41, 5.74) is 6.35. The summed E-state index contributed by atoms with van der Waals surface area (Å²) >= 11 is 5.86. The van der Waals surface area contributed by atoms with Crippen LogP contribution in [0.15, 0.2) is 24.3 Å². The predicted molar refractivity (Wildman–Crippen MR) is 76.4 cm³/mol. The summed E-state index contributed by atoms with van der Waals surface area (Å²) in [6.07, 6.45) is 3.67. The van der Waals surface area contributed by atoms with Crippen molar-refractivity contribution in [3.8, 4) is 0 Å². The fraction of sp³-hybridized carbons (Fsp3) is 0.500. The van der Waals surface area contributed by atoms with Crippen molar-refractivity contribution in [2.24, 2.45) is 11.7 Å². The van der Waals surface area contributed by atoms with Crippen LogP contribution in [0.2, 0.25) is 5.02 Å². The summed E-state index contributed by atoms with van der Waals surface area (Å²) in [4.78, 5) is 11.8. The molecule has 3 N–H and O–H groups in total. The minimum Gasteiger partial charge on any atom is -0.446 e. The van der Waals surface area contributed by atoms with Crippen LogP contribution in [0.5, 0.6) is 0 Å². The molecule has 104 valence electrons. The number of hydrogen-bond donors (Lipinski definition) is 2. The zero-order valence-corrected chi connectivity index (χ0v) is 11.5. The van der Waals surface area contributed by atoms with Gasteiger partial charge in [-0.15, -0.1) is 0 Å². The molecule has 2 atom stereocenters. The summed E-state index contributed by atoms with van der Waals surface area (Å²) in [5, 5.41) is 3.27. The Morgan fingerprint density at radius 2 is 2.21 bits per heavy atom. The van der Waals surface area contributed by atoms with Crippen molar-refractivity contribution in [1.29, 1.82) is 0 Å². The third kappa shape index (κ3) is 4.11. The fourth-order valence-electron chi connectivity index (χ4n) is 2.45. The van der Waals surface area contributed by atoms with Gasteiger partial charge in [-0.3, -0.25) is 5.32 Å². The molecule has 1 aliphatic carbocycles. The molecule has 19 heavy (non-hydrogen) atoms. The summed E-state index contributed by atoms with van der Waals surface area (Å²) in [6.45, 7) is 0.565. The van der Waals surface area contributed by atoms with Crippen molar-refractivity contribution >= 4 is 23.4 Å². The summed E-state index contributed by atoms with van der Waals surface area (Å²) in [6, 6.07) is 6.99. The minimum absolute atomic E-state index is 0.0714. The number of benzene rings is 1. The highest BCUT2D eigenvalue weighted by Gasteiger charge is 2.27. The zero-order chi connectivity index (χ0) is 13.7. The molecule has 2 unspecified atom stereocenters. The SMILES string of the molecule is NCC1CCCCC1OC(=O)Nc1cccc(Cl)c1. The number of amides is 1. The van der Waals surface area contributed by atoms with Gasteiger partial charge in [-0.25, -0.2) is 4.79 Å². The van der Waals surface area contributed by atoms with E-state index < -0.39 is 6.09 Å². The maximum atomic E-state index is 11.8. The van der Waals surface area contributed by atoms with E-state index in [9.17, 15) is 4.79 Å². The number of nitrogens with one attached hydrogen (secondary N) is 1. The Morgan fingerprint density at radius 3 is 2.95 bits per heavy atom. The first-order valence-corrected chi connectivity index (χ1v) is 7.00. The van der Waals surface area contributed by atoms with E-state index >= 15 is 0 Å². The molecular weight excluding hydrogens is 264 g/mol. The molecule has 0 heterocycles. The van der Waals surface area contributed by atoms with Crippen LogP contribution in [-0.2, 0) is 4.74 Å². The molecule has 1 amide bonds. The Balaban J connectivity index is 1.90. The van der Waals surface area contributed by atoms with Crippen LogP contribution in [0.25, 0.3) is 0 Å². The quantitative estimate of drug-likeness (QED) is 0.893. The molecule has 1 saturated carbocycles. The predicted octanol–water partition coefficient (Wildman–Crippen LogP) is 3.41. The third-order valence-corrected chi connectivity index (χ3v) is 3.71. The Kier molecular flexibility index (Phi) is 5.05. The summed E-state index contributed by atoms with van der Waals surface area (Å²) in [5.74, 6) is 0.277. The maximum Gasteiger partial charge on any atom is 0.411 e. The van der Waals surface area contributed by atoms with Gasteiger partial charge in [0.15, 0.2) is 0 Å². The van der Waals surface area contributed by atoms with Crippen LogP contribution in [0, 0.1) is 5.92 Å². The molecule has 0 spiro atoms. The van der Waals surface area contributed by atoms with E-state index in [0.29, 0.717) is 17.3 Å². The lowest BCUT2D eigenvalue weighted by molar-refractivity contribution is 0.0489. The van der Waals surface area contributed by atoms with Crippen molar-refractivity contribution in [1.82, 2.24) is 0 Å². The van der Waals surface area contributed by atoms with Crippen LogP contribution in [0.1, 0.15) is 25.7 Å². The van der Waals surface area contributed by atoms with Crippen molar-refractivity contribution < 1.29 is 9.53 Å². The van der Waals surface area contributed by atoms with Crippen LogP contribution < -0.4 is 11.1 Å². The monoisotopic (exact) mass is 282 g/mol. The standard InChI is InChI=1S/C14H19ClN2O2/c15-11-5-3-6-12(8-11)17-14(18)19-13-7-2-1-4-10(13)9-16/h3,5-6,8,10,13H,1-2,4,7,9,16H2,(H,17,18). The highest BCUT2D eigenvalue weighted by molar-refractivity contribution is 6.30. The average molecular weight is 283 g/mol. The Morgan fingerprint density at radius 1 is 1.42 bits per heavy atom. The molecule has 0 aliphatic heterocycles. The number of hydrogen-bond acceptors (Lipinski definition) is 3. The van der Waals surface area contributed by atoms with E-state index in [2.05, 4.69) is 5.32 Å². The summed E-state index contributed by atoms with van der Waals surface area (Å²) < 4.78 is 5.47. The number of carbonyl (C=O) groups excluding carboxylic acids is 1. The van der Waals surface area contributed by atoms with Crippen molar-refractivity contribution in [2.45, 2.75) is 31.8 Å². The van der Waals surface area contributed by atoms with Crippen molar-refractivity contribution in [3.05, 3.63) is 29.3 Å². The van der Waals surface area contributed by atoms with Gasteiger partial charge in [0.2, 0.25) is 0 Å². The molecule has 0 radical (unpaired) electrons. The largest absolute Gasteiger partial charge is 0.446 e. The van der Waals surface area contributed by atoms with Gasteiger partial charge in [0.1, 0.15) is 6.10 Å². The fourth-order valence-corrected chi connectivity index (χ4v) is 2.64. The number of carbonyl (C=O) groups is 1. The molecule has 1 aromatic carbocycles. The lowest BCUT2D eigenvalue weighted by Gasteiger charge is -2.30. The molecule has 2 rings (SSSR count). The molecule has 4 nitrogen and oxygen atoms in total. The molecule has 5 heteroatoms. The van der Waals surface area contributed by atoms with Crippen molar-refractivity contribution in [2.75, 3.05) is 11.9 Å². The molecule has 1 aromatic rings. The topological polar surface area (TPSA) is 64.3 Å². The normalized spacial score (nSPS) is 22.8. The first kappa shape index (κ1) is 14.2. The molecule has 0 aromatic heterocycles. The number of ether oxygens (including phenoxy) is 1. The Labute approximate surface area is 118 Å². The van der Waals surface area contributed by atoms with Gasteiger partial charge in [0.25, 0.3) is 0 Å². The van der Waals surface area contributed by atoms with Gasteiger partial charge in [0.05, 0.1) is 0 Å². The number of rotatable bonds is 3. The lowest BCUT2D eigenvalue weighted by atomic mass is 9.86. The van der Waals surface area contributed by atoms with E-state index in [1.807, 2.05) is 0 Å². The number of nitrogens with two attached hydrogens (primary N) is 1. The van der Waals surface area contributed by atoms with Crippen LogP contribution in [0.4, 0.5) is 10.5 Å². The number of anilines is 1. The first-order chi connectivity index (χ1) is 9.19. The second-order valence-corrected chi connectivity index (χ2v) is 5.30. The van der Waals surface area contributed by atoms with E-state index in [-0.39, 0.29) is 12.0 Å². The molecule has 1 fully saturated rings. The van der Waals surface area contributed by atoms with E-state index in [1.54, 1.807) is 24.3 Å². The van der Waals surface area contributed by atoms with E-state index in [0.717, 1.165) is 25.7 Å². The van der Waals surface area contributed by atoms with Crippen molar-refractivity contribution in [3.63, 3.8) is 0 Å². The first-order valence-electron chi connectivity index (χ1n) is 6.62. The molecular formula is C14H19ClN2O2.